The molecule has 3 heterocycles. The molecule has 9 heteroatoms. The van der Waals surface area contributed by atoms with Crippen molar-refractivity contribution in [2.45, 2.75) is 24.8 Å². The number of piperazine rings is 1. The Morgan fingerprint density at radius 1 is 1.00 bits per heavy atom. The fraction of sp³-hybridized carbons (Fsp3) is 0.355. The summed E-state index contributed by atoms with van der Waals surface area (Å²) in [6.45, 7) is 5.15. The summed E-state index contributed by atoms with van der Waals surface area (Å²) >= 11 is 0. The van der Waals surface area contributed by atoms with Gasteiger partial charge in [-0.15, -0.1) is 0 Å². The molecule has 2 saturated heterocycles. The standard InChI is InChI=1S/C31H30F3N5O/c1-37-13-15-39(16-14-37)29-20-31(33,34)27-19-24(6-7-26(27)29)36-30(40)22-4-8-28(32)21(17-22)3-5-23-18-25(9-10-35-23)38-11-2-12-38/h4,6-10,17-19,29H,2,11-16,20H2,1H3,(H,36,40). The molecular weight excluding hydrogens is 515 g/mol. The molecule has 3 aromatic rings. The van der Waals surface area contributed by atoms with E-state index in [0.717, 1.165) is 51.4 Å². The third-order valence-electron chi connectivity index (χ3n) is 8.01. The normalized spacial score (nSPS) is 20.3. The van der Waals surface area contributed by atoms with Crippen LogP contribution in [0, 0.1) is 17.7 Å². The maximum atomic E-state index is 15.1. The first-order chi connectivity index (χ1) is 19.3. The van der Waals surface area contributed by atoms with E-state index >= 15 is 8.78 Å². The number of hydrogen-bond acceptors (Lipinski definition) is 5. The topological polar surface area (TPSA) is 51.7 Å². The number of aromatic nitrogens is 1. The number of halogens is 3. The van der Waals surface area contributed by atoms with Crippen molar-refractivity contribution < 1.29 is 18.0 Å². The van der Waals surface area contributed by atoms with Crippen molar-refractivity contribution >= 4 is 17.3 Å². The summed E-state index contributed by atoms with van der Waals surface area (Å²) in [6.07, 6.45) is 2.55. The molecule has 1 aromatic heterocycles. The maximum Gasteiger partial charge on any atom is 0.275 e. The lowest BCUT2D eigenvalue weighted by atomic mass is 10.0. The number of anilines is 2. The van der Waals surface area contributed by atoms with Crippen LogP contribution in [0.15, 0.2) is 54.7 Å². The molecule has 40 heavy (non-hydrogen) atoms. The molecule has 1 N–H and O–H groups in total. The van der Waals surface area contributed by atoms with Gasteiger partial charge in [-0.1, -0.05) is 12.0 Å². The molecular formula is C31H30F3N5O. The Kier molecular flexibility index (Phi) is 6.99. The minimum atomic E-state index is -2.98. The number of alkyl halides is 2. The van der Waals surface area contributed by atoms with Gasteiger partial charge in [0.15, 0.2) is 0 Å². The predicted molar refractivity (Wildman–Crippen MR) is 148 cm³/mol. The molecule has 2 fully saturated rings. The van der Waals surface area contributed by atoms with Gasteiger partial charge in [-0.3, -0.25) is 9.69 Å². The van der Waals surface area contributed by atoms with Crippen LogP contribution in [0.25, 0.3) is 0 Å². The fourth-order valence-electron chi connectivity index (χ4n) is 5.52. The number of amides is 1. The van der Waals surface area contributed by atoms with Crippen LogP contribution in [0.5, 0.6) is 0 Å². The summed E-state index contributed by atoms with van der Waals surface area (Å²) in [5.74, 6) is 1.59. The van der Waals surface area contributed by atoms with E-state index in [1.165, 1.54) is 24.3 Å². The molecule has 6 nitrogen and oxygen atoms in total. The number of hydrogen-bond donors (Lipinski definition) is 1. The second kappa shape index (κ2) is 10.6. The van der Waals surface area contributed by atoms with Crippen LogP contribution >= 0.6 is 0 Å². The Morgan fingerprint density at radius 2 is 1.80 bits per heavy atom. The van der Waals surface area contributed by atoms with Crippen molar-refractivity contribution in [2.24, 2.45) is 0 Å². The van der Waals surface area contributed by atoms with Crippen LogP contribution in [0.3, 0.4) is 0 Å². The van der Waals surface area contributed by atoms with Gasteiger partial charge < -0.3 is 15.1 Å². The van der Waals surface area contributed by atoms with E-state index in [4.69, 9.17) is 0 Å². The Morgan fingerprint density at radius 3 is 2.55 bits per heavy atom. The molecule has 2 aromatic carbocycles. The van der Waals surface area contributed by atoms with Crippen LogP contribution < -0.4 is 10.2 Å². The molecule has 6 rings (SSSR count). The Hall–Kier alpha value is -3.87. The number of carbonyl (C=O) groups excluding carboxylic acids is 1. The monoisotopic (exact) mass is 545 g/mol. The molecule has 2 aliphatic heterocycles. The van der Waals surface area contributed by atoms with Crippen molar-refractivity contribution in [2.75, 3.05) is 56.5 Å². The molecule has 1 amide bonds. The number of rotatable bonds is 4. The molecule has 1 aliphatic carbocycles. The van der Waals surface area contributed by atoms with E-state index < -0.39 is 17.6 Å². The first-order valence-corrected chi connectivity index (χ1v) is 13.6. The zero-order valence-electron chi connectivity index (χ0n) is 22.3. The van der Waals surface area contributed by atoms with Crippen molar-refractivity contribution in [1.29, 1.82) is 0 Å². The van der Waals surface area contributed by atoms with Crippen molar-refractivity contribution in [3.63, 3.8) is 0 Å². The van der Waals surface area contributed by atoms with Gasteiger partial charge in [-0.25, -0.2) is 18.2 Å². The zero-order chi connectivity index (χ0) is 27.9. The van der Waals surface area contributed by atoms with Gasteiger partial charge in [-0.2, -0.15) is 0 Å². The highest BCUT2D eigenvalue weighted by Crippen LogP contribution is 2.50. The number of nitrogens with one attached hydrogen (secondary N) is 1. The van der Waals surface area contributed by atoms with E-state index in [1.807, 2.05) is 19.2 Å². The number of likely N-dealkylation sites (N-methyl/N-ethyl adjacent to an activating group) is 1. The second-order valence-corrected chi connectivity index (χ2v) is 10.7. The molecule has 0 bridgehead atoms. The summed E-state index contributed by atoms with van der Waals surface area (Å²) in [4.78, 5) is 23.8. The summed E-state index contributed by atoms with van der Waals surface area (Å²) in [5, 5.41) is 2.70. The Balaban J connectivity index is 1.19. The van der Waals surface area contributed by atoms with Gasteiger partial charge in [0.1, 0.15) is 11.5 Å². The minimum Gasteiger partial charge on any atom is -0.371 e. The zero-order valence-corrected chi connectivity index (χ0v) is 22.3. The number of carbonyl (C=O) groups is 1. The third-order valence-corrected chi connectivity index (χ3v) is 8.01. The van der Waals surface area contributed by atoms with E-state index in [9.17, 15) is 9.18 Å². The van der Waals surface area contributed by atoms with Gasteiger partial charge in [0, 0.05) is 80.4 Å². The summed E-state index contributed by atoms with van der Waals surface area (Å²) < 4.78 is 44.6. The molecule has 206 valence electrons. The van der Waals surface area contributed by atoms with Gasteiger partial charge in [-0.05, 0) is 67.4 Å². The summed E-state index contributed by atoms with van der Waals surface area (Å²) in [7, 11) is 2.03. The first kappa shape index (κ1) is 26.4. The average Bonchev–Trinajstić information content (AvgIpc) is 3.18. The Labute approximate surface area is 231 Å². The van der Waals surface area contributed by atoms with Crippen molar-refractivity contribution in [3.05, 3.63) is 88.5 Å². The van der Waals surface area contributed by atoms with Gasteiger partial charge in [0.25, 0.3) is 11.8 Å². The van der Waals surface area contributed by atoms with Gasteiger partial charge in [0.05, 0.1) is 5.56 Å². The smallest absolute Gasteiger partial charge is 0.275 e. The maximum absolute atomic E-state index is 15.1. The SMILES string of the molecule is CN1CCN(C2CC(F)(F)c3cc(NC(=O)c4ccc(F)c(C#Cc5cc(N6CCC6)ccn5)c4)ccc32)CC1. The highest BCUT2D eigenvalue weighted by Gasteiger charge is 2.47. The second-order valence-electron chi connectivity index (χ2n) is 10.7. The average molecular weight is 546 g/mol. The largest absolute Gasteiger partial charge is 0.371 e. The highest BCUT2D eigenvalue weighted by molar-refractivity contribution is 6.04. The first-order valence-electron chi connectivity index (χ1n) is 13.6. The van der Waals surface area contributed by atoms with Crippen LogP contribution in [0.1, 0.15) is 51.6 Å². The molecule has 0 saturated carbocycles. The third kappa shape index (κ3) is 5.29. The molecule has 0 spiro atoms. The van der Waals surface area contributed by atoms with Crippen LogP contribution in [-0.2, 0) is 5.92 Å². The number of fused-ring (bicyclic) bond motifs is 1. The number of pyridine rings is 1. The molecule has 0 radical (unpaired) electrons. The summed E-state index contributed by atoms with van der Waals surface area (Å²) in [6, 6.07) is 12.0. The molecule has 3 aliphatic rings. The van der Waals surface area contributed by atoms with E-state index in [2.05, 4.69) is 36.8 Å². The van der Waals surface area contributed by atoms with Crippen LogP contribution in [0.2, 0.25) is 0 Å². The van der Waals surface area contributed by atoms with Crippen LogP contribution in [-0.4, -0.2) is 67.0 Å². The molecule has 1 unspecified atom stereocenters. The van der Waals surface area contributed by atoms with Crippen molar-refractivity contribution in [1.82, 2.24) is 14.8 Å². The van der Waals surface area contributed by atoms with E-state index in [0.29, 0.717) is 11.3 Å². The van der Waals surface area contributed by atoms with Crippen LogP contribution in [0.4, 0.5) is 24.5 Å². The van der Waals surface area contributed by atoms with E-state index in [-0.39, 0.29) is 34.8 Å². The lowest BCUT2D eigenvalue weighted by molar-refractivity contribution is -0.0257. The predicted octanol–water partition coefficient (Wildman–Crippen LogP) is 4.87. The lowest BCUT2D eigenvalue weighted by Crippen LogP contribution is -2.45. The quantitative estimate of drug-likeness (QED) is 0.475. The number of benzene rings is 2. The molecule has 1 atom stereocenters. The van der Waals surface area contributed by atoms with Crippen molar-refractivity contribution in [3.8, 4) is 11.8 Å². The highest BCUT2D eigenvalue weighted by atomic mass is 19.3. The van der Waals surface area contributed by atoms with E-state index in [1.54, 1.807) is 18.3 Å². The lowest BCUT2D eigenvalue weighted by Gasteiger charge is -2.36. The minimum absolute atomic E-state index is 0.0483. The van der Waals surface area contributed by atoms with Gasteiger partial charge >= 0.3 is 0 Å². The fourth-order valence-corrected chi connectivity index (χ4v) is 5.52. The van der Waals surface area contributed by atoms with Gasteiger partial charge in [0.2, 0.25) is 0 Å². The summed E-state index contributed by atoms with van der Waals surface area (Å²) in [5.41, 5.74) is 2.59. The Bertz CT molecular complexity index is 1500. The number of nitrogens with zero attached hydrogens (tertiary/aromatic N) is 4.